The van der Waals surface area contributed by atoms with E-state index in [9.17, 15) is 0 Å². The lowest BCUT2D eigenvalue weighted by atomic mass is 10.2. The van der Waals surface area contributed by atoms with Crippen molar-refractivity contribution in [3.05, 3.63) is 40.7 Å². The number of aromatic amines is 1. The van der Waals surface area contributed by atoms with Crippen LogP contribution in [-0.4, -0.2) is 32.7 Å². The average molecular weight is 275 g/mol. The summed E-state index contributed by atoms with van der Waals surface area (Å²) >= 11 is 5.18. The van der Waals surface area contributed by atoms with Crippen molar-refractivity contribution >= 4 is 18.4 Å². The number of nitrogens with zero attached hydrogens (tertiary/aromatic N) is 4. The van der Waals surface area contributed by atoms with Crippen molar-refractivity contribution in [2.24, 2.45) is 5.10 Å². The van der Waals surface area contributed by atoms with Crippen LogP contribution in [0, 0.1) is 4.77 Å². The molecule has 3 rings (SSSR count). The number of aromatic nitrogens is 4. The zero-order chi connectivity index (χ0) is 13.1. The van der Waals surface area contributed by atoms with Crippen LogP contribution in [0.25, 0.3) is 0 Å². The Balaban J connectivity index is 1.90. The summed E-state index contributed by atoms with van der Waals surface area (Å²) in [6, 6.07) is 5.64. The maximum Gasteiger partial charge on any atom is 0.216 e. The summed E-state index contributed by atoms with van der Waals surface area (Å²) in [6.45, 7) is 0.758. The Labute approximate surface area is 115 Å². The second-order valence-corrected chi connectivity index (χ2v) is 4.59. The zero-order valence-corrected chi connectivity index (χ0v) is 11.0. The molecule has 0 aromatic carbocycles. The maximum atomic E-state index is 5.61. The highest BCUT2D eigenvalue weighted by Crippen LogP contribution is 2.26. The van der Waals surface area contributed by atoms with Crippen LogP contribution in [0.15, 0.2) is 29.5 Å². The molecule has 1 unspecified atom stereocenters. The predicted molar refractivity (Wildman–Crippen MR) is 72.6 cm³/mol. The van der Waals surface area contributed by atoms with E-state index in [1.54, 1.807) is 17.1 Å². The molecular weight excluding hydrogens is 262 g/mol. The van der Waals surface area contributed by atoms with E-state index >= 15 is 0 Å². The van der Waals surface area contributed by atoms with Gasteiger partial charge in [0.05, 0.1) is 11.9 Å². The van der Waals surface area contributed by atoms with Crippen LogP contribution < -0.4 is 0 Å². The number of rotatable bonds is 3. The SMILES string of the molecule is S=c1[nH]nc(C2CCCO2)n1/N=C\c1ccccn1. The van der Waals surface area contributed by atoms with Gasteiger partial charge in [0, 0.05) is 12.8 Å². The topological polar surface area (TPSA) is 68.1 Å². The van der Waals surface area contributed by atoms with Gasteiger partial charge in [0.1, 0.15) is 6.10 Å². The molecule has 0 bridgehead atoms. The minimum Gasteiger partial charge on any atom is -0.370 e. The van der Waals surface area contributed by atoms with Crippen LogP contribution in [-0.2, 0) is 4.74 Å². The average Bonchev–Trinajstić information content (AvgIpc) is 3.07. The van der Waals surface area contributed by atoms with Gasteiger partial charge in [-0.05, 0) is 37.2 Å². The Kier molecular flexibility index (Phi) is 3.47. The van der Waals surface area contributed by atoms with E-state index in [0.29, 0.717) is 4.77 Å². The van der Waals surface area contributed by atoms with E-state index in [-0.39, 0.29) is 6.10 Å². The first-order valence-electron chi connectivity index (χ1n) is 6.09. The van der Waals surface area contributed by atoms with Gasteiger partial charge in [0.2, 0.25) is 4.77 Å². The highest BCUT2D eigenvalue weighted by atomic mass is 32.1. The van der Waals surface area contributed by atoms with Crippen LogP contribution in [0.1, 0.15) is 30.5 Å². The molecule has 0 amide bonds. The third kappa shape index (κ3) is 2.61. The lowest BCUT2D eigenvalue weighted by Gasteiger charge is -2.07. The molecule has 1 saturated heterocycles. The molecule has 0 aliphatic carbocycles. The molecule has 2 aromatic rings. The van der Waals surface area contributed by atoms with Crippen LogP contribution in [0.5, 0.6) is 0 Å². The molecule has 6 nitrogen and oxygen atoms in total. The fourth-order valence-corrected chi connectivity index (χ4v) is 2.16. The van der Waals surface area contributed by atoms with E-state index in [4.69, 9.17) is 17.0 Å². The van der Waals surface area contributed by atoms with Gasteiger partial charge in [-0.25, -0.2) is 0 Å². The van der Waals surface area contributed by atoms with E-state index in [1.165, 1.54) is 0 Å². The summed E-state index contributed by atoms with van der Waals surface area (Å²) < 4.78 is 7.66. The van der Waals surface area contributed by atoms with Crippen LogP contribution >= 0.6 is 12.2 Å². The molecule has 0 saturated carbocycles. The Morgan fingerprint density at radius 3 is 3.21 bits per heavy atom. The zero-order valence-electron chi connectivity index (χ0n) is 10.2. The second-order valence-electron chi connectivity index (χ2n) is 4.20. The van der Waals surface area contributed by atoms with Gasteiger partial charge in [0.15, 0.2) is 5.82 Å². The Morgan fingerprint density at radius 1 is 1.53 bits per heavy atom. The molecule has 1 aliphatic heterocycles. The van der Waals surface area contributed by atoms with Gasteiger partial charge >= 0.3 is 0 Å². The highest BCUT2D eigenvalue weighted by molar-refractivity contribution is 7.71. The van der Waals surface area contributed by atoms with Gasteiger partial charge in [-0.1, -0.05) is 6.07 Å². The van der Waals surface area contributed by atoms with Crippen molar-refractivity contribution < 1.29 is 4.74 Å². The molecule has 1 aliphatic rings. The molecule has 1 atom stereocenters. The first kappa shape index (κ1) is 12.2. The van der Waals surface area contributed by atoms with Crippen LogP contribution in [0.4, 0.5) is 0 Å². The molecule has 0 radical (unpaired) electrons. The molecule has 19 heavy (non-hydrogen) atoms. The quantitative estimate of drug-likeness (QED) is 0.688. The third-order valence-corrected chi connectivity index (χ3v) is 3.15. The molecule has 3 heterocycles. The summed E-state index contributed by atoms with van der Waals surface area (Å²) in [5.74, 6) is 0.717. The Hall–Kier alpha value is -1.86. The molecule has 2 aromatic heterocycles. The summed E-state index contributed by atoms with van der Waals surface area (Å²) in [7, 11) is 0. The second kappa shape index (κ2) is 5.41. The Bertz CT molecular complexity index is 627. The van der Waals surface area contributed by atoms with E-state index in [2.05, 4.69) is 20.3 Å². The molecule has 98 valence electrons. The van der Waals surface area contributed by atoms with E-state index < -0.39 is 0 Å². The summed E-state index contributed by atoms with van der Waals surface area (Å²) in [5, 5.41) is 11.3. The molecule has 1 N–H and O–H groups in total. The number of ether oxygens (including phenoxy) is 1. The normalized spacial score (nSPS) is 19.3. The standard InChI is InChI=1S/C12H13N5OS/c19-12-16-15-11(10-5-3-7-18-10)17(12)14-8-9-4-1-2-6-13-9/h1-2,4,6,8,10H,3,5,7H2,(H,16,19)/b14-8-. The number of H-pyrrole nitrogens is 1. The minimum absolute atomic E-state index is 0.0335. The fraction of sp³-hybridized carbons (Fsp3) is 0.333. The number of pyridine rings is 1. The summed E-state index contributed by atoms with van der Waals surface area (Å²) in [4.78, 5) is 4.18. The van der Waals surface area contributed by atoms with Crippen molar-refractivity contribution in [1.82, 2.24) is 19.9 Å². The molecule has 7 heteroatoms. The number of hydrogen-bond acceptors (Lipinski definition) is 5. The Morgan fingerprint density at radius 2 is 2.47 bits per heavy atom. The summed E-state index contributed by atoms with van der Waals surface area (Å²) in [6.07, 6.45) is 5.32. The third-order valence-electron chi connectivity index (χ3n) is 2.89. The number of nitrogens with one attached hydrogen (secondary N) is 1. The smallest absolute Gasteiger partial charge is 0.216 e. The van der Waals surface area contributed by atoms with Gasteiger partial charge in [-0.15, -0.1) is 0 Å². The first-order chi connectivity index (χ1) is 9.34. The van der Waals surface area contributed by atoms with Crippen molar-refractivity contribution in [3.63, 3.8) is 0 Å². The molecule has 0 spiro atoms. The van der Waals surface area contributed by atoms with Crippen LogP contribution in [0.3, 0.4) is 0 Å². The van der Waals surface area contributed by atoms with Crippen molar-refractivity contribution in [2.75, 3.05) is 6.61 Å². The predicted octanol–water partition coefficient (Wildman–Crippen LogP) is 2.07. The van der Waals surface area contributed by atoms with E-state index in [1.807, 2.05) is 18.2 Å². The minimum atomic E-state index is -0.0335. The summed E-state index contributed by atoms with van der Waals surface area (Å²) in [5.41, 5.74) is 0.767. The van der Waals surface area contributed by atoms with Gasteiger partial charge in [-0.2, -0.15) is 14.9 Å². The van der Waals surface area contributed by atoms with Crippen molar-refractivity contribution in [2.45, 2.75) is 18.9 Å². The highest BCUT2D eigenvalue weighted by Gasteiger charge is 2.23. The monoisotopic (exact) mass is 275 g/mol. The molecular formula is C12H13N5OS. The van der Waals surface area contributed by atoms with Gasteiger partial charge in [-0.3, -0.25) is 10.1 Å². The molecule has 1 fully saturated rings. The van der Waals surface area contributed by atoms with E-state index in [0.717, 1.165) is 31.0 Å². The maximum absolute atomic E-state index is 5.61. The number of hydrogen-bond donors (Lipinski definition) is 1. The van der Waals surface area contributed by atoms with Crippen molar-refractivity contribution in [3.8, 4) is 0 Å². The van der Waals surface area contributed by atoms with Crippen LogP contribution in [0.2, 0.25) is 0 Å². The van der Waals surface area contributed by atoms with Gasteiger partial charge < -0.3 is 4.74 Å². The van der Waals surface area contributed by atoms with Crippen molar-refractivity contribution in [1.29, 1.82) is 0 Å². The lowest BCUT2D eigenvalue weighted by molar-refractivity contribution is 0.102. The lowest BCUT2D eigenvalue weighted by Crippen LogP contribution is -2.05. The van der Waals surface area contributed by atoms with Gasteiger partial charge in [0.25, 0.3) is 0 Å². The first-order valence-corrected chi connectivity index (χ1v) is 6.50. The largest absolute Gasteiger partial charge is 0.370 e. The fourth-order valence-electron chi connectivity index (χ4n) is 1.97.